The lowest BCUT2D eigenvalue weighted by atomic mass is 10.2. The number of ether oxygens (including phenoxy) is 3. The number of aromatic nitrogens is 2. The number of nitrogens with zero attached hydrogens (tertiary/aromatic N) is 3. The maximum atomic E-state index is 12.0. The largest absolute Gasteiger partial charge is 0.491 e. The van der Waals surface area contributed by atoms with E-state index in [0.717, 1.165) is 21.6 Å². The summed E-state index contributed by atoms with van der Waals surface area (Å²) in [5.74, 6) is 1.11. The summed E-state index contributed by atoms with van der Waals surface area (Å²) in [7, 11) is 0. The van der Waals surface area contributed by atoms with Crippen LogP contribution in [-0.2, 0) is 16.0 Å². The highest BCUT2D eigenvalue weighted by Gasteiger charge is 2.08. The molecule has 11 heteroatoms. The first kappa shape index (κ1) is 23.6. The number of carbonyl (C=O) groups is 1. The molecule has 0 spiro atoms. The van der Waals surface area contributed by atoms with Gasteiger partial charge in [0.2, 0.25) is 11.0 Å². The number of rotatable bonds is 12. The summed E-state index contributed by atoms with van der Waals surface area (Å²) in [5.41, 5.74) is 8.67. The Morgan fingerprint density at radius 3 is 2.62 bits per heavy atom. The van der Waals surface area contributed by atoms with E-state index in [2.05, 4.69) is 36.7 Å². The van der Waals surface area contributed by atoms with Crippen molar-refractivity contribution in [2.24, 2.45) is 5.10 Å². The molecule has 0 aliphatic rings. The van der Waals surface area contributed by atoms with E-state index in [-0.39, 0.29) is 12.3 Å². The van der Waals surface area contributed by atoms with Crippen molar-refractivity contribution in [2.45, 2.75) is 6.42 Å². The molecule has 9 nitrogen and oxygen atoms in total. The minimum Gasteiger partial charge on any atom is -0.491 e. The van der Waals surface area contributed by atoms with Gasteiger partial charge in [0.05, 0.1) is 25.8 Å². The van der Waals surface area contributed by atoms with Gasteiger partial charge in [-0.15, -0.1) is 10.2 Å². The van der Waals surface area contributed by atoms with Gasteiger partial charge in [-0.3, -0.25) is 4.79 Å². The number of nitrogen functional groups attached to an aromatic ring is 1. The molecule has 0 fully saturated rings. The number of carbonyl (C=O) groups excluding carboxylic acids is 1. The molecule has 0 bridgehead atoms. The first-order valence-corrected chi connectivity index (χ1v) is 11.3. The highest BCUT2D eigenvalue weighted by molar-refractivity contribution is 9.10. The Balaban J connectivity index is 1.39. The van der Waals surface area contributed by atoms with Gasteiger partial charge in [-0.25, -0.2) is 5.43 Å². The van der Waals surface area contributed by atoms with Crippen molar-refractivity contribution in [3.8, 4) is 11.5 Å². The second kappa shape index (κ2) is 12.7. The lowest BCUT2D eigenvalue weighted by molar-refractivity contribution is -0.120. The summed E-state index contributed by atoms with van der Waals surface area (Å²) in [6, 6.07) is 15.1. The van der Waals surface area contributed by atoms with E-state index in [9.17, 15) is 4.79 Å². The number of halogens is 1. The molecular formula is C21H22BrN5O4S. The number of nitrogens with one attached hydrogen (secondary N) is 1. The summed E-state index contributed by atoms with van der Waals surface area (Å²) in [4.78, 5) is 12.0. The average molecular weight is 520 g/mol. The molecule has 3 aromatic rings. The van der Waals surface area contributed by atoms with Crippen molar-refractivity contribution in [3.05, 3.63) is 63.6 Å². The SMILES string of the molecule is Nc1nnc(CC(=O)NN=Cc2cc(Br)ccc2OCCOCCOc2ccccc2)s1. The van der Waals surface area contributed by atoms with Crippen LogP contribution >= 0.6 is 27.3 Å². The molecule has 0 atom stereocenters. The first-order valence-electron chi connectivity index (χ1n) is 9.68. The summed E-state index contributed by atoms with van der Waals surface area (Å²) in [6.45, 7) is 1.69. The van der Waals surface area contributed by atoms with Gasteiger partial charge in [0.15, 0.2) is 0 Å². The van der Waals surface area contributed by atoms with Crippen LogP contribution in [0, 0.1) is 0 Å². The van der Waals surface area contributed by atoms with Crippen LogP contribution in [0.15, 0.2) is 58.1 Å². The number of para-hydroxylation sites is 1. The number of nitrogens with two attached hydrogens (primary N) is 1. The zero-order valence-electron chi connectivity index (χ0n) is 17.1. The molecule has 168 valence electrons. The molecular weight excluding hydrogens is 498 g/mol. The Bertz CT molecular complexity index is 1030. The highest BCUT2D eigenvalue weighted by atomic mass is 79.9. The fourth-order valence-electron chi connectivity index (χ4n) is 2.49. The second-order valence-electron chi connectivity index (χ2n) is 6.31. The Morgan fingerprint density at radius 1 is 1.09 bits per heavy atom. The van der Waals surface area contributed by atoms with E-state index in [1.807, 2.05) is 48.5 Å². The number of hydrogen-bond donors (Lipinski definition) is 2. The molecule has 1 amide bonds. The lowest BCUT2D eigenvalue weighted by Gasteiger charge is -2.10. The maximum Gasteiger partial charge on any atom is 0.247 e. The molecule has 0 radical (unpaired) electrons. The predicted octanol–water partition coefficient (Wildman–Crippen LogP) is 3.05. The van der Waals surface area contributed by atoms with Gasteiger partial charge in [0.1, 0.15) is 29.7 Å². The van der Waals surface area contributed by atoms with E-state index < -0.39 is 0 Å². The molecule has 32 heavy (non-hydrogen) atoms. The molecule has 1 aromatic heterocycles. The summed E-state index contributed by atoms with van der Waals surface area (Å²) < 4.78 is 17.8. The summed E-state index contributed by atoms with van der Waals surface area (Å²) >= 11 is 4.59. The molecule has 3 rings (SSSR count). The molecule has 0 saturated heterocycles. The van der Waals surface area contributed by atoms with E-state index in [4.69, 9.17) is 19.9 Å². The van der Waals surface area contributed by atoms with E-state index in [0.29, 0.717) is 47.9 Å². The Morgan fingerprint density at radius 2 is 1.88 bits per heavy atom. The van der Waals surface area contributed by atoms with Crippen LogP contribution in [0.25, 0.3) is 0 Å². The van der Waals surface area contributed by atoms with Crippen molar-refractivity contribution in [1.82, 2.24) is 15.6 Å². The van der Waals surface area contributed by atoms with Crippen molar-refractivity contribution in [3.63, 3.8) is 0 Å². The fraction of sp³-hybridized carbons (Fsp3) is 0.238. The third-order valence-electron chi connectivity index (χ3n) is 3.88. The van der Waals surface area contributed by atoms with Crippen LogP contribution < -0.4 is 20.6 Å². The molecule has 0 saturated carbocycles. The maximum absolute atomic E-state index is 12.0. The van der Waals surface area contributed by atoms with Crippen molar-refractivity contribution < 1.29 is 19.0 Å². The zero-order valence-corrected chi connectivity index (χ0v) is 19.5. The third kappa shape index (κ3) is 8.25. The molecule has 0 unspecified atom stereocenters. The number of anilines is 1. The van der Waals surface area contributed by atoms with Gasteiger partial charge in [-0.05, 0) is 30.3 Å². The molecule has 0 aliphatic carbocycles. The fourth-order valence-corrected chi connectivity index (χ4v) is 3.47. The number of amides is 1. The van der Waals surface area contributed by atoms with Crippen LogP contribution in [0.3, 0.4) is 0 Å². The van der Waals surface area contributed by atoms with Crippen LogP contribution in [0.1, 0.15) is 10.6 Å². The van der Waals surface area contributed by atoms with Gasteiger partial charge < -0.3 is 19.9 Å². The number of benzene rings is 2. The smallest absolute Gasteiger partial charge is 0.247 e. The van der Waals surface area contributed by atoms with Crippen LogP contribution in [0.5, 0.6) is 11.5 Å². The van der Waals surface area contributed by atoms with E-state index >= 15 is 0 Å². The van der Waals surface area contributed by atoms with Crippen LogP contribution in [-0.4, -0.2) is 48.7 Å². The monoisotopic (exact) mass is 519 g/mol. The minimum atomic E-state index is -0.319. The predicted molar refractivity (Wildman–Crippen MR) is 126 cm³/mol. The number of hydrazone groups is 1. The lowest BCUT2D eigenvalue weighted by Crippen LogP contribution is -2.19. The van der Waals surface area contributed by atoms with Crippen LogP contribution in [0.4, 0.5) is 5.13 Å². The van der Waals surface area contributed by atoms with E-state index in [1.165, 1.54) is 6.21 Å². The van der Waals surface area contributed by atoms with Gasteiger partial charge in [0, 0.05) is 10.0 Å². The van der Waals surface area contributed by atoms with Crippen LogP contribution in [0.2, 0.25) is 0 Å². The zero-order chi connectivity index (χ0) is 22.6. The van der Waals surface area contributed by atoms with Gasteiger partial charge >= 0.3 is 0 Å². The van der Waals surface area contributed by atoms with Gasteiger partial charge in [0.25, 0.3) is 0 Å². The highest BCUT2D eigenvalue weighted by Crippen LogP contribution is 2.22. The topological polar surface area (TPSA) is 121 Å². The second-order valence-corrected chi connectivity index (χ2v) is 8.32. The average Bonchev–Trinajstić information content (AvgIpc) is 3.19. The first-order chi connectivity index (χ1) is 15.6. The Hall–Kier alpha value is -3.02. The van der Waals surface area contributed by atoms with Gasteiger partial charge in [-0.1, -0.05) is 45.5 Å². The van der Waals surface area contributed by atoms with Gasteiger partial charge in [-0.2, -0.15) is 5.10 Å². The Kier molecular flexibility index (Phi) is 9.41. The van der Waals surface area contributed by atoms with E-state index in [1.54, 1.807) is 0 Å². The normalized spacial score (nSPS) is 10.9. The van der Waals surface area contributed by atoms with Crippen molar-refractivity contribution >= 4 is 44.5 Å². The minimum absolute atomic E-state index is 0.0549. The molecule has 3 N–H and O–H groups in total. The standard InChI is InChI=1S/C21H22BrN5O4S/c22-16-6-7-18(31-11-9-29-8-10-30-17-4-2-1-3-5-17)15(12-16)14-24-25-19(28)13-20-26-27-21(23)32-20/h1-7,12,14H,8-11,13H2,(H2,23,27)(H,25,28). The Labute approximate surface area is 197 Å². The molecule has 2 aromatic carbocycles. The molecule has 1 heterocycles. The quantitative estimate of drug-likeness (QED) is 0.214. The summed E-state index contributed by atoms with van der Waals surface area (Å²) in [5, 5.41) is 12.3. The summed E-state index contributed by atoms with van der Waals surface area (Å²) in [6.07, 6.45) is 1.57. The molecule has 0 aliphatic heterocycles. The van der Waals surface area contributed by atoms with Crippen molar-refractivity contribution in [1.29, 1.82) is 0 Å². The van der Waals surface area contributed by atoms with Crippen molar-refractivity contribution in [2.75, 3.05) is 32.2 Å². The third-order valence-corrected chi connectivity index (χ3v) is 5.13. The number of hydrogen-bond acceptors (Lipinski definition) is 9.